The first-order valence-electron chi connectivity index (χ1n) is 6.95. The van der Waals surface area contributed by atoms with Crippen molar-refractivity contribution >= 4 is 11.8 Å². The second kappa shape index (κ2) is 6.72. The van der Waals surface area contributed by atoms with Gasteiger partial charge in [-0.3, -0.25) is 20.9 Å². The van der Waals surface area contributed by atoms with Gasteiger partial charge in [-0.15, -0.1) is 0 Å². The molecule has 0 radical (unpaired) electrons. The summed E-state index contributed by atoms with van der Waals surface area (Å²) in [4.78, 5) is 11.9. The minimum atomic E-state index is -0.475. The molecule has 1 aromatic carbocycles. The molecule has 3 N–H and O–H groups in total. The van der Waals surface area contributed by atoms with Crippen molar-refractivity contribution in [3.8, 4) is 0 Å². The molecule has 5 heteroatoms. The van der Waals surface area contributed by atoms with Crippen LogP contribution in [-0.4, -0.2) is 22.6 Å². The van der Waals surface area contributed by atoms with Crippen LogP contribution in [0.4, 0.5) is 0 Å². The van der Waals surface area contributed by atoms with Crippen LogP contribution in [0.25, 0.3) is 0 Å². The molecule has 0 aromatic heterocycles. The van der Waals surface area contributed by atoms with Gasteiger partial charge in [0.2, 0.25) is 0 Å². The number of amidine groups is 1. The maximum absolute atomic E-state index is 11.9. The van der Waals surface area contributed by atoms with E-state index >= 15 is 0 Å². The smallest absolute Gasteiger partial charge is 0.306 e. The lowest BCUT2D eigenvalue weighted by atomic mass is 9.92. The molecule has 0 heterocycles. The largest absolute Gasteiger partial charge is 0.460 e. The fraction of sp³-hybridized carbons (Fsp3) is 0.500. The average Bonchev–Trinajstić information content (AvgIpc) is 2.34. The Labute approximate surface area is 125 Å². The number of hydrogen-bond donors (Lipinski definition) is 3. The van der Waals surface area contributed by atoms with Crippen molar-refractivity contribution in [2.75, 3.05) is 0 Å². The molecule has 0 amide bonds. The number of hydroxylamine groups is 1. The number of esters is 1. The number of nitrogens with one attached hydrogen (secondary N) is 2. The molecule has 116 valence electrons. The second-order valence-corrected chi connectivity index (χ2v) is 6.25. The molecule has 0 saturated carbocycles. The van der Waals surface area contributed by atoms with E-state index in [1.165, 1.54) is 0 Å². The Morgan fingerprint density at radius 2 is 2.05 bits per heavy atom. The van der Waals surface area contributed by atoms with Gasteiger partial charge in [0.25, 0.3) is 0 Å². The molecule has 0 saturated heterocycles. The maximum atomic E-state index is 11.9. The molecule has 1 rings (SSSR count). The van der Waals surface area contributed by atoms with Gasteiger partial charge >= 0.3 is 5.97 Å². The standard InChI is InChI=1S/C16H24N2O3/c1-10-8-12(15(17)18-20)6-7-13(10)11(2)9-14(19)21-16(3,4)5/h6-8,11,20H,9H2,1-5H3,(H2,17,18). The molecule has 0 fully saturated rings. The van der Waals surface area contributed by atoms with Crippen LogP contribution in [0.15, 0.2) is 18.2 Å². The van der Waals surface area contributed by atoms with Crippen molar-refractivity contribution in [2.24, 2.45) is 0 Å². The van der Waals surface area contributed by atoms with Crippen molar-refractivity contribution < 1.29 is 14.7 Å². The van der Waals surface area contributed by atoms with Crippen molar-refractivity contribution in [2.45, 2.75) is 52.6 Å². The lowest BCUT2D eigenvalue weighted by Gasteiger charge is -2.21. The van der Waals surface area contributed by atoms with Gasteiger partial charge < -0.3 is 4.74 Å². The van der Waals surface area contributed by atoms with Gasteiger partial charge in [0, 0.05) is 5.56 Å². The van der Waals surface area contributed by atoms with Crippen LogP contribution in [0.3, 0.4) is 0 Å². The minimum absolute atomic E-state index is 0.0326. The summed E-state index contributed by atoms with van der Waals surface area (Å²) in [5.74, 6) is -0.238. The second-order valence-electron chi connectivity index (χ2n) is 6.25. The molecule has 0 aliphatic rings. The number of ether oxygens (including phenoxy) is 1. The number of rotatable bonds is 4. The molecule has 5 nitrogen and oxygen atoms in total. The third kappa shape index (κ3) is 5.19. The molecule has 1 unspecified atom stereocenters. The summed E-state index contributed by atoms with van der Waals surface area (Å²) in [5, 5.41) is 16.3. The predicted octanol–water partition coefficient (Wildman–Crippen LogP) is 3.13. The Kier molecular flexibility index (Phi) is 5.49. The topological polar surface area (TPSA) is 82.4 Å². The van der Waals surface area contributed by atoms with Gasteiger partial charge in [0.15, 0.2) is 0 Å². The van der Waals surface area contributed by atoms with Crippen LogP contribution in [-0.2, 0) is 9.53 Å². The van der Waals surface area contributed by atoms with Crippen LogP contribution in [0.5, 0.6) is 0 Å². The summed E-state index contributed by atoms with van der Waals surface area (Å²) in [6.45, 7) is 9.45. The van der Waals surface area contributed by atoms with E-state index in [9.17, 15) is 4.79 Å². The van der Waals surface area contributed by atoms with Gasteiger partial charge in [-0.1, -0.05) is 19.1 Å². The van der Waals surface area contributed by atoms with Crippen molar-refractivity contribution in [3.05, 3.63) is 34.9 Å². The van der Waals surface area contributed by atoms with Crippen LogP contribution in [0.1, 0.15) is 56.7 Å². The van der Waals surface area contributed by atoms with Gasteiger partial charge in [-0.2, -0.15) is 0 Å². The molecular formula is C16H24N2O3. The fourth-order valence-electron chi connectivity index (χ4n) is 2.19. The van der Waals surface area contributed by atoms with Crippen LogP contribution < -0.4 is 5.48 Å². The van der Waals surface area contributed by atoms with E-state index in [-0.39, 0.29) is 17.7 Å². The third-order valence-electron chi connectivity index (χ3n) is 3.09. The molecule has 1 aromatic rings. The zero-order valence-electron chi connectivity index (χ0n) is 13.3. The first-order chi connectivity index (χ1) is 9.64. The van der Waals surface area contributed by atoms with Crippen molar-refractivity contribution in [1.29, 1.82) is 5.41 Å². The minimum Gasteiger partial charge on any atom is -0.460 e. The van der Waals surface area contributed by atoms with E-state index in [1.807, 2.05) is 52.2 Å². The fourth-order valence-corrected chi connectivity index (χ4v) is 2.19. The van der Waals surface area contributed by atoms with E-state index in [0.29, 0.717) is 12.0 Å². The highest BCUT2D eigenvalue weighted by atomic mass is 16.6. The van der Waals surface area contributed by atoms with Crippen molar-refractivity contribution in [1.82, 2.24) is 5.48 Å². The summed E-state index contributed by atoms with van der Waals surface area (Å²) < 4.78 is 5.33. The average molecular weight is 292 g/mol. The number of aryl methyl sites for hydroxylation is 1. The lowest BCUT2D eigenvalue weighted by molar-refractivity contribution is -0.155. The van der Waals surface area contributed by atoms with Gasteiger partial charge in [0.05, 0.1) is 6.42 Å². The summed E-state index contributed by atoms with van der Waals surface area (Å²) >= 11 is 0. The van der Waals surface area contributed by atoms with Crippen molar-refractivity contribution in [3.63, 3.8) is 0 Å². The zero-order chi connectivity index (χ0) is 16.2. The number of carbonyl (C=O) groups excluding carboxylic acids is 1. The Morgan fingerprint density at radius 1 is 1.43 bits per heavy atom. The van der Waals surface area contributed by atoms with Gasteiger partial charge in [0.1, 0.15) is 11.4 Å². The summed E-state index contributed by atoms with van der Waals surface area (Å²) in [6, 6.07) is 5.44. The Balaban J connectivity index is 2.81. The van der Waals surface area contributed by atoms with Crippen LogP contribution in [0, 0.1) is 12.3 Å². The van der Waals surface area contributed by atoms with Crippen LogP contribution in [0.2, 0.25) is 0 Å². The molecule has 0 spiro atoms. The highest BCUT2D eigenvalue weighted by Gasteiger charge is 2.20. The third-order valence-corrected chi connectivity index (χ3v) is 3.09. The molecule has 0 aliphatic heterocycles. The Bertz CT molecular complexity index is 533. The van der Waals surface area contributed by atoms with E-state index < -0.39 is 5.60 Å². The Morgan fingerprint density at radius 3 is 2.52 bits per heavy atom. The normalized spacial score (nSPS) is 12.7. The van der Waals surface area contributed by atoms with Gasteiger partial charge in [-0.25, -0.2) is 0 Å². The highest BCUT2D eigenvalue weighted by Crippen LogP contribution is 2.25. The quantitative estimate of drug-likeness (QED) is 0.344. The zero-order valence-corrected chi connectivity index (χ0v) is 13.3. The summed E-state index contributed by atoms with van der Waals surface area (Å²) in [7, 11) is 0. The molecule has 0 bridgehead atoms. The van der Waals surface area contributed by atoms with Gasteiger partial charge in [-0.05, 0) is 50.8 Å². The molecule has 0 aliphatic carbocycles. The van der Waals surface area contributed by atoms with E-state index in [2.05, 4.69) is 0 Å². The number of hydrogen-bond acceptors (Lipinski definition) is 4. The first kappa shape index (κ1) is 17.2. The lowest BCUT2D eigenvalue weighted by Crippen LogP contribution is -2.24. The summed E-state index contributed by atoms with van der Waals surface area (Å²) in [5.41, 5.74) is 3.96. The van der Waals surface area contributed by atoms with E-state index in [4.69, 9.17) is 15.4 Å². The monoisotopic (exact) mass is 292 g/mol. The van der Waals surface area contributed by atoms with E-state index in [0.717, 1.165) is 11.1 Å². The first-order valence-corrected chi connectivity index (χ1v) is 6.95. The maximum Gasteiger partial charge on any atom is 0.306 e. The predicted molar refractivity (Wildman–Crippen MR) is 81.8 cm³/mol. The number of carbonyl (C=O) groups is 1. The summed E-state index contributed by atoms with van der Waals surface area (Å²) in [6.07, 6.45) is 0.313. The molecule has 1 atom stereocenters. The molecular weight excluding hydrogens is 268 g/mol. The highest BCUT2D eigenvalue weighted by molar-refractivity contribution is 5.95. The molecule has 21 heavy (non-hydrogen) atoms. The number of benzene rings is 1. The SMILES string of the molecule is Cc1cc(C(=N)NO)ccc1C(C)CC(=O)OC(C)(C)C. The van der Waals surface area contributed by atoms with Crippen LogP contribution >= 0.6 is 0 Å². The van der Waals surface area contributed by atoms with E-state index in [1.54, 1.807) is 6.07 Å². The Hall–Kier alpha value is -1.88.